The topological polar surface area (TPSA) is 9.23 Å². The fourth-order valence-electron chi connectivity index (χ4n) is 2.78. The van der Waals surface area contributed by atoms with Gasteiger partial charge in [0.2, 0.25) is 0 Å². The Balaban J connectivity index is 2.06. The molecule has 0 amide bonds. The summed E-state index contributed by atoms with van der Waals surface area (Å²) in [6, 6.07) is 0. The molecular weight excluding hydrogens is 414 g/mol. The fraction of sp³-hybridized carbons (Fsp3) is 0.833. The van der Waals surface area contributed by atoms with Crippen LogP contribution in [0, 0.1) is 5.92 Å². The average Bonchev–Trinajstić information content (AvgIpc) is 2.30. The second kappa shape index (κ2) is 6.19. The molecule has 2 fully saturated rings. The van der Waals surface area contributed by atoms with E-state index in [1.807, 2.05) is 0 Å². The second-order valence-electron chi connectivity index (χ2n) is 4.58. The van der Waals surface area contributed by atoms with Gasteiger partial charge in [0.25, 0.3) is 0 Å². The van der Waals surface area contributed by atoms with Crippen molar-refractivity contribution in [2.75, 3.05) is 6.61 Å². The molecule has 1 atom stereocenters. The first-order chi connectivity index (χ1) is 7.29. The summed E-state index contributed by atoms with van der Waals surface area (Å²) in [5.41, 5.74) is 1.59. The zero-order valence-corrected chi connectivity index (χ0v) is 13.3. The van der Waals surface area contributed by atoms with Crippen molar-refractivity contribution in [1.82, 2.24) is 0 Å². The molecule has 1 aliphatic heterocycles. The van der Waals surface area contributed by atoms with E-state index in [0.717, 1.165) is 12.5 Å². The van der Waals surface area contributed by atoms with Crippen molar-refractivity contribution in [3.05, 3.63) is 7.16 Å². The summed E-state index contributed by atoms with van der Waals surface area (Å²) in [7, 11) is 0. The van der Waals surface area contributed by atoms with Gasteiger partial charge in [0.05, 0.1) is 7.69 Å². The van der Waals surface area contributed by atoms with E-state index in [1.54, 1.807) is 5.57 Å². The van der Waals surface area contributed by atoms with Gasteiger partial charge < -0.3 is 4.74 Å². The first-order valence-corrected chi connectivity index (χ1v) is 8.10. The molecule has 0 spiro atoms. The largest absolute Gasteiger partial charge is 0.374 e. The summed E-state index contributed by atoms with van der Waals surface area (Å²) in [6.45, 7) is 0.977. The van der Waals surface area contributed by atoms with E-state index in [4.69, 9.17) is 4.74 Å². The molecule has 0 radical (unpaired) electrons. The van der Waals surface area contributed by atoms with Crippen molar-refractivity contribution in [2.24, 2.45) is 5.92 Å². The summed E-state index contributed by atoms with van der Waals surface area (Å²) < 4.78 is 7.47. The van der Waals surface area contributed by atoms with Crippen molar-refractivity contribution in [3.63, 3.8) is 0 Å². The molecule has 15 heavy (non-hydrogen) atoms. The maximum absolute atomic E-state index is 6.02. The molecule has 0 aromatic carbocycles. The lowest BCUT2D eigenvalue weighted by Gasteiger charge is -2.35. The van der Waals surface area contributed by atoms with E-state index in [9.17, 15) is 0 Å². The van der Waals surface area contributed by atoms with E-state index in [-0.39, 0.29) is 0 Å². The molecule has 1 heterocycles. The third kappa shape index (κ3) is 3.31. The summed E-state index contributed by atoms with van der Waals surface area (Å²) in [5.74, 6) is 0.814. The molecule has 3 heteroatoms. The van der Waals surface area contributed by atoms with Crippen molar-refractivity contribution in [3.8, 4) is 0 Å². The van der Waals surface area contributed by atoms with Gasteiger partial charge in [0.1, 0.15) is 0 Å². The molecule has 0 aromatic rings. The highest BCUT2D eigenvalue weighted by Crippen LogP contribution is 2.38. The lowest BCUT2D eigenvalue weighted by atomic mass is 9.81. The highest BCUT2D eigenvalue weighted by Gasteiger charge is 2.30. The number of hydrogen-bond acceptors (Lipinski definition) is 1. The Labute approximate surface area is 120 Å². The van der Waals surface area contributed by atoms with Gasteiger partial charge >= 0.3 is 0 Å². The van der Waals surface area contributed by atoms with Crippen LogP contribution in [-0.2, 0) is 4.74 Å². The van der Waals surface area contributed by atoms with Gasteiger partial charge in [0, 0.05) is 6.61 Å². The average molecular weight is 432 g/mol. The molecular formula is C12H18I2O. The third-order valence-corrected chi connectivity index (χ3v) is 4.94. The standard InChI is InChI=1S/C12H18I2O/c13-12(14)10-7-4-8-15-11(10)9-5-2-1-3-6-9/h9,11H,1-8H2. The molecule has 1 aliphatic carbocycles. The minimum atomic E-state index is 0.461. The van der Waals surface area contributed by atoms with Crippen LogP contribution in [0.25, 0.3) is 0 Å². The number of ether oxygens (including phenoxy) is 1. The maximum Gasteiger partial charge on any atom is 0.0830 e. The van der Waals surface area contributed by atoms with Gasteiger partial charge in [-0.05, 0) is 82.4 Å². The number of rotatable bonds is 1. The van der Waals surface area contributed by atoms with E-state index in [1.165, 1.54) is 46.5 Å². The van der Waals surface area contributed by atoms with Crippen LogP contribution >= 0.6 is 45.2 Å². The van der Waals surface area contributed by atoms with E-state index < -0.39 is 0 Å². The Morgan fingerprint density at radius 1 is 1.07 bits per heavy atom. The lowest BCUT2D eigenvalue weighted by Crippen LogP contribution is -2.31. The van der Waals surface area contributed by atoms with Gasteiger partial charge in [-0.15, -0.1) is 0 Å². The molecule has 86 valence electrons. The predicted molar refractivity (Wildman–Crippen MR) is 80.6 cm³/mol. The van der Waals surface area contributed by atoms with Crippen molar-refractivity contribution >= 4 is 45.2 Å². The van der Waals surface area contributed by atoms with Crippen molar-refractivity contribution < 1.29 is 4.74 Å². The van der Waals surface area contributed by atoms with E-state index in [0.29, 0.717) is 6.10 Å². The normalized spacial score (nSPS) is 29.2. The quantitative estimate of drug-likeness (QED) is 0.540. The summed E-state index contributed by atoms with van der Waals surface area (Å²) in [6.07, 6.45) is 9.97. The first-order valence-electron chi connectivity index (χ1n) is 5.94. The van der Waals surface area contributed by atoms with Crippen LogP contribution in [0.4, 0.5) is 0 Å². The van der Waals surface area contributed by atoms with E-state index in [2.05, 4.69) is 45.2 Å². The van der Waals surface area contributed by atoms with Crippen molar-refractivity contribution in [1.29, 1.82) is 0 Å². The number of hydrogen-bond donors (Lipinski definition) is 0. The summed E-state index contributed by atoms with van der Waals surface area (Å²) in [5, 5.41) is 0. The van der Waals surface area contributed by atoms with Crippen LogP contribution in [0.2, 0.25) is 0 Å². The Hall–Kier alpha value is 1.16. The van der Waals surface area contributed by atoms with Gasteiger partial charge in [-0.1, -0.05) is 19.3 Å². The Morgan fingerprint density at radius 2 is 1.80 bits per heavy atom. The minimum absolute atomic E-state index is 0.461. The monoisotopic (exact) mass is 432 g/mol. The van der Waals surface area contributed by atoms with Crippen molar-refractivity contribution in [2.45, 2.75) is 51.0 Å². The van der Waals surface area contributed by atoms with Crippen LogP contribution in [0.1, 0.15) is 44.9 Å². The van der Waals surface area contributed by atoms with Crippen LogP contribution in [0.5, 0.6) is 0 Å². The Morgan fingerprint density at radius 3 is 2.47 bits per heavy atom. The molecule has 0 aromatic heterocycles. The molecule has 1 saturated heterocycles. The predicted octanol–water partition coefficient (Wildman–Crippen LogP) is 4.83. The Kier molecular flexibility index (Phi) is 5.20. The SMILES string of the molecule is IC(I)=C1CCCOC1C1CCCCC1. The zero-order chi connectivity index (χ0) is 10.7. The van der Waals surface area contributed by atoms with Crippen LogP contribution in [-0.4, -0.2) is 12.7 Å². The zero-order valence-electron chi connectivity index (χ0n) is 8.98. The van der Waals surface area contributed by atoms with Crippen LogP contribution < -0.4 is 0 Å². The molecule has 2 aliphatic rings. The maximum atomic E-state index is 6.02. The van der Waals surface area contributed by atoms with E-state index >= 15 is 0 Å². The molecule has 0 N–H and O–H groups in total. The molecule has 1 unspecified atom stereocenters. The first kappa shape index (κ1) is 12.6. The lowest BCUT2D eigenvalue weighted by molar-refractivity contribution is 0.00419. The molecule has 1 saturated carbocycles. The second-order valence-corrected chi connectivity index (χ2v) is 8.80. The smallest absolute Gasteiger partial charge is 0.0830 e. The van der Waals surface area contributed by atoms with Crippen LogP contribution in [0.15, 0.2) is 7.16 Å². The van der Waals surface area contributed by atoms with Gasteiger partial charge in [0.15, 0.2) is 0 Å². The summed E-state index contributed by atoms with van der Waals surface area (Å²) in [4.78, 5) is 0. The molecule has 0 bridgehead atoms. The molecule has 2 rings (SSSR count). The van der Waals surface area contributed by atoms with Gasteiger partial charge in [-0.2, -0.15) is 0 Å². The third-order valence-electron chi connectivity index (χ3n) is 3.55. The number of halogens is 2. The minimum Gasteiger partial charge on any atom is -0.374 e. The Bertz CT molecular complexity index is 240. The fourth-order valence-corrected chi connectivity index (χ4v) is 3.93. The van der Waals surface area contributed by atoms with Crippen LogP contribution in [0.3, 0.4) is 0 Å². The highest BCUT2D eigenvalue weighted by molar-refractivity contribution is 14.2. The molecule has 1 nitrogen and oxygen atoms in total. The van der Waals surface area contributed by atoms with Gasteiger partial charge in [-0.25, -0.2) is 0 Å². The summed E-state index contributed by atoms with van der Waals surface area (Å²) >= 11 is 4.92. The highest BCUT2D eigenvalue weighted by atomic mass is 127. The van der Waals surface area contributed by atoms with Gasteiger partial charge in [-0.3, -0.25) is 0 Å².